The Morgan fingerprint density at radius 2 is 2.38 bits per heavy atom. The summed E-state index contributed by atoms with van der Waals surface area (Å²) in [7, 11) is 0. The number of carbonyl (C=O) groups is 1. The first-order valence-corrected chi connectivity index (χ1v) is 8.72. The number of halogens is 2. The van der Waals surface area contributed by atoms with Crippen molar-refractivity contribution in [2.75, 3.05) is 12.4 Å². The molecule has 0 saturated carbocycles. The Labute approximate surface area is 148 Å². The molecule has 1 aromatic carbocycles. The molecule has 1 fully saturated rings. The number of ether oxygens (including phenoxy) is 1. The number of rotatable bonds is 5. The highest BCUT2D eigenvalue weighted by molar-refractivity contribution is 14.1. The van der Waals surface area contributed by atoms with E-state index in [1.807, 2.05) is 12.1 Å². The van der Waals surface area contributed by atoms with E-state index >= 15 is 0 Å². The monoisotopic (exact) mass is 479 g/mol. The van der Waals surface area contributed by atoms with Crippen LogP contribution in [0, 0.1) is 3.57 Å². The van der Waals surface area contributed by atoms with Crippen LogP contribution < -0.4 is 10.1 Å². The lowest BCUT2D eigenvalue weighted by atomic mass is 10.2. The predicted molar refractivity (Wildman–Crippen MR) is 98.2 cm³/mol. The Morgan fingerprint density at radius 3 is 3.05 bits per heavy atom. The Kier molecular flexibility index (Phi) is 6.24. The van der Waals surface area contributed by atoms with E-state index in [0.717, 1.165) is 19.4 Å². The molecule has 0 bridgehead atoms. The first-order valence-electron chi connectivity index (χ1n) is 5.86. The third-order valence-corrected chi connectivity index (χ3v) is 4.44. The maximum absolute atomic E-state index is 11.0. The molecule has 0 radical (unpaired) electrons. The summed E-state index contributed by atoms with van der Waals surface area (Å²) in [5, 5.41) is 11.1. The summed E-state index contributed by atoms with van der Waals surface area (Å²) >= 11 is 6.97. The van der Waals surface area contributed by atoms with Gasteiger partial charge in [0.25, 0.3) is 0 Å². The molecule has 0 aliphatic carbocycles. The van der Waals surface area contributed by atoms with Crippen LogP contribution in [0.4, 0.5) is 0 Å². The van der Waals surface area contributed by atoms with Gasteiger partial charge in [0.05, 0.1) is 15.5 Å². The quantitative estimate of drug-likeness (QED) is 0.305. The van der Waals surface area contributed by atoms with E-state index in [2.05, 4.69) is 60.6 Å². The zero-order chi connectivity index (χ0) is 15.2. The van der Waals surface area contributed by atoms with Gasteiger partial charge in [-0.1, -0.05) is 40.3 Å². The van der Waals surface area contributed by atoms with Crippen molar-refractivity contribution in [2.45, 2.75) is 0 Å². The van der Waals surface area contributed by atoms with Crippen molar-refractivity contribution >= 4 is 67.6 Å². The molecule has 110 valence electrons. The van der Waals surface area contributed by atoms with Gasteiger partial charge in [-0.25, -0.2) is 0 Å². The van der Waals surface area contributed by atoms with Crippen LogP contribution in [0.15, 0.2) is 39.5 Å². The van der Waals surface area contributed by atoms with E-state index < -0.39 is 0 Å². The van der Waals surface area contributed by atoms with E-state index in [9.17, 15) is 4.79 Å². The van der Waals surface area contributed by atoms with Gasteiger partial charge in [0.1, 0.15) is 12.4 Å². The number of benzene rings is 1. The van der Waals surface area contributed by atoms with Crippen LogP contribution in [-0.2, 0) is 4.79 Å². The molecule has 0 unspecified atom stereocenters. The molecule has 21 heavy (non-hydrogen) atoms. The fourth-order valence-corrected chi connectivity index (χ4v) is 3.83. The van der Waals surface area contributed by atoms with Crippen molar-refractivity contribution in [1.82, 2.24) is 5.32 Å². The maximum Gasteiger partial charge on any atom is 0.236 e. The largest absolute Gasteiger partial charge is 0.488 e. The highest BCUT2D eigenvalue weighted by Crippen LogP contribution is 2.29. The Morgan fingerprint density at radius 1 is 1.57 bits per heavy atom. The van der Waals surface area contributed by atoms with Gasteiger partial charge < -0.3 is 10.1 Å². The standard InChI is InChI=1S/C13H11BrIN3O2S/c1-2-3-20-12-8(4-9(14)5-10(12)15)6-16-18-13-17-11(19)7-21-13/h2,4-6H,1,3,7H2,(H,17,18,19). The van der Waals surface area contributed by atoms with Crippen LogP contribution in [0.2, 0.25) is 0 Å². The zero-order valence-corrected chi connectivity index (χ0v) is 15.4. The van der Waals surface area contributed by atoms with E-state index in [1.54, 1.807) is 12.3 Å². The number of hydrogen-bond donors (Lipinski definition) is 1. The SMILES string of the molecule is C=CCOc1c(I)cc(Br)cc1C=NN=C1NC(=O)CS1. The number of amides is 1. The summed E-state index contributed by atoms with van der Waals surface area (Å²) in [5.41, 5.74) is 0.800. The molecule has 0 aromatic heterocycles. The average Bonchev–Trinajstić information content (AvgIpc) is 2.83. The van der Waals surface area contributed by atoms with Crippen LogP contribution in [0.1, 0.15) is 5.56 Å². The van der Waals surface area contributed by atoms with Crippen molar-refractivity contribution in [3.05, 3.63) is 38.4 Å². The molecule has 1 aliphatic rings. The highest BCUT2D eigenvalue weighted by atomic mass is 127. The molecule has 1 aromatic rings. The van der Waals surface area contributed by atoms with Gasteiger partial charge in [0.15, 0.2) is 5.17 Å². The fourth-order valence-electron chi connectivity index (χ4n) is 1.49. The molecule has 1 amide bonds. The van der Waals surface area contributed by atoms with Gasteiger partial charge in [-0.2, -0.15) is 5.10 Å². The predicted octanol–water partition coefficient (Wildman–Crippen LogP) is 3.17. The molecule has 0 spiro atoms. The van der Waals surface area contributed by atoms with E-state index in [0.29, 0.717) is 17.5 Å². The van der Waals surface area contributed by atoms with E-state index in [4.69, 9.17) is 4.74 Å². The Hall–Kier alpha value is -0.870. The van der Waals surface area contributed by atoms with Gasteiger partial charge in [0.2, 0.25) is 5.91 Å². The van der Waals surface area contributed by atoms with Crippen molar-refractivity contribution in [2.24, 2.45) is 10.2 Å². The summed E-state index contributed by atoms with van der Waals surface area (Å²) in [4.78, 5) is 11.0. The molecule has 5 nitrogen and oxygen atoms in total. The maximum atomic E-state index is 11.0. The lowest BCUT2D eigenvalue weighted by Gasteiger charge is -2.09. The topological polar surface area (TPSA) is 63.1 Å². The number of hydrogen-bond acceptors (Lipinski definition) is 5. The summed E-state index contributed by atoms with van der Waals surface area (Å²) in [6.45, 7) is 4.05. The van der Waals surface area contributed by atoms with Crippen LogP contribution in [-0.4, -0.2) is 29.6 Å². The lowest BCUT2D eigenvalue weighted by Crippen LogP contribution is -2.19. The van der Waals surface area contributed by atoms with Gasteiger partial charge >= 0.3 is 0 Å². The van der Waals surface area contributed by atoms with Gasteiger partial charge in [-0.05, 0) is 34.7 Å². The van der Waals surface area contributed by atoms with Crippen LogP contribution in [0.3, 0.4) is 0 Å². The number of thioether (sulfide) groups is 1. The van der Waals surface area contributed by atoms with Gasteiger partial charge in [0, 0.05) is 10.0 Å². The summed E-state index contributed by atoms with van der Waals surface area (Å²) in [5.74, 6) is 1.06. The van der Waals surface area contributed by atoms with Gasteiger partial charge in [-0.3, -0.25) is 4.79 Å². The number of amidine groups is 1. The van der Waals surface area contributed by atoms with Gasteiger partial charge in [-0.15, -0.1) is 5.10 Å². The molecule has 8 heteroatoms. The first kappa shape index (κ1) is 16.5. The van der Waals surface area contributed by atoms with Crippen LogP contribution in [0.25, 0.3) is 0 Å². The number of carbonyl (C=O) groups excluding carboxylic acids is 1. The second kappa shape index (κ2) is 7.95. The minimum Gasteiger partial charge on any atom is -0.488 e. The smallest absolute Gasteiger partial charge is 0.236 e. The first-order chi connectivity index (χ1) is 10.1. The van der Waals surface area contributed by atoms with Crippen molar-refractivity contribution in [1.29, 1.82) is 0 Å². The molecule has 1 heterocycles. The third-order valence-electron chi connectivity index (χ3n) is 2.31. The second-order valence-corrected chi connectivity index (χ2v) is 6.93. The van der Waals surface area contributed by atoms with Crippen molar-refractivity contribution in [3.8, 4) is 5.75 Å². The lowest BCUT2D eigenvalue weighted by molar-refractivity contribution is -0.116. The molecule has 2 rings (SSSR count). The van der Waals surface area contributed by atoms with Crippen molar-refractivity contribution in [3.63, 3.8) is 0 Å². The highest BCUT2D eigenvalue weighted by Gasteiger charge is 2.16. The molecular weight excluding hydrogens is 469 g/mol. The molecule has 1 saturated heterocycles. The van der Waals surface area contributed by atoms with E-state index in [1.165, 1.54) is 11.8 Å². The molecular formula is C13H11BrIN3O2S. The fraction of sp³-hybridized carbons (Fsp3) is 0.154. The van der Waals surface area contributed by atoms with Crippen molar-refractivity contribution < 1.29 is 9.53 Å². The van der Waals surface area contributed by atoms with E-state index in [-0.39, 0.29) is 5.91 Å². The summed E-state index contributed by atoms with van der Waals surface area (Å²) in [6, 6.07) is 3.85. The average molecular weight is 480 g/mol. The second-order valence-electron chi connectivity index (χ2n) is 3.89. The minimum absolute atomic E-state index is 0.0547. The number of nitrogens with one attached hydrogen (secondary N) is 1. The summed E-state index contributed by atoms with van der Waals surface area (Å²) in [6.07, 6.45) is 3.29. The molecule has 1 N–H and O–H groups in total. The number of nitrogens with zero attached hydrogens (tertiary/aromatic N) is 2. The Bertz CT molecular complexity index is 634. The van der Waals surface area contributed by atoms with Crippen LogP contribution in [0.5, 0.6) is 5.75 Å². The zero-order valence-electron chi connectivity index (χ0n) is 10.8. The molecule has 1 aliphatic heterocycles. The Balaban J connectivity index is 2.21. The summed E-state index contributed by atoms with van der Waals surface area (Å²) < 4.78 is 7.54. The van der Waals surface area contributed by atoms with Crippen LogP contribution >= 0.6 is 50.3 Å². The minimum atomic E-state index is -0.0547. The molecule has 0 atom stereocenters. The normalized spacial score (nSPS) is 16.5. The third kappa shape index (κ3) is 4.82.